The van der Waals surface area contributed by atoms with Crippen LogP contribution in [0.1, 0.15) is 5.56 Å². The molecule has 2 rings (SSSR count). The molecule has 0 aliphatic heterocycles. The summed E-state index contributed by atoms with van der Waals surface area (Å²) in [6.07, 6.45) is -3.31. The predicted octanol–water partition coefficient (Wildman–Crippen LogP) is 2.82. The number of benzene rings is 1. The molecule has 1 aromatic heterocycles. The number of nitrogens with two attached hydrogens (primary N) is 1. The molecule has 0 spiro atoms. The van der Waals surface area contributed by atoms with E-state index >= 15 is 0 Å². The second-order valence-electron chi connectivity index (χ2n) is 3.36. The number of nitrogens with one attached hydrogen (secondary N) is 1. The van der Waals surface area contributed by atoms with Crippen molar-refractivity contribution in [3.8, 4) is 11.3 Å². The lowest BCUT2D eigenvalue weighted by Gasteiger charge is -2.08. The van der Waals surface area contributed by atoms with Crippen molar-refractivity contribution in [1.82, 2.24) is 9.97 Å². The van der Waals surface area contributed by atoms with Crippen LogP contribution in [-0.2, 0) is 6.18 Å². The Labute approximate surface area is 93.3 Å². The first kappa shape index (κ1) is 11.4. The van der Waals surface area contributed by atoms with Gasteiger partial charge in [0, 0.05) is 11.8 Å². The van der Waals surface area contributed by atoms with Crippen LogP contribution < -0.4 is 5.73 Å². The predicted molar refractivity (Wildman–Crippen MR) is 53.4 cm³/mol. The Hall–Kier alpha value is -2.05. The van der Waals surface area contributed by atoms with Crippen molar-refractivity contribution in [2.24, 2.45) is 0 Å². The number of anilines is 1. The number of aromatic amines is 1. The molecule has 90 valence electrons. The van der Waals surface area contributed by atoms with Crippen LogP contribution in [0, 0.1) is 5.82 Å². The Morgan fingerprint density at radius 2 is 1.94 bits per heavy atom. The highest BCUT2D eigenvalue weighted by Gasteiger charge is 2.33. The first-order valence-electron chi connectivity index (χ1n) is 4.56. The van der Waals surface area contributed by atoms with Gasteiger partial charge in [-0.3, -0.25) is 0 Å². The zero-order chi connectivity index (χ0) is 12.6. The third-order valence-corrected chi connectivity index (χ3v) is 2.17. The van der Waals surface area contributed by atoms with Crippen molar-refractivity contribution >= 4 is 5.95 Å². The molecule has 1 heterocycles. The molecule has 0 fully saturated rings. The standard InChI is InChI=1S/C10H7F4N3/c11-7-3-5(8-4-16-9(15)17-8)1-2-6(7)10(12,13)14/h1-4H,(H3,15,16,17). The number of hydrogen-bond donors (Lipinski definition) is 2. The highest BCUT2D eigenvalue weighted by Crippen LogP contribution is 2.33. The lowest BCUT2D eigenvalue weighted by Crippen LogP contribution is -2.07. The number of rotatable bonds is 1. The summed E-state index contributed by atoms with van der Waals surface area (Å²) in [6.45, 7) is 0. The van der Waals surface area contributed by atoms with E-state index in [1.165, 1.54) is 6.20 Å². The molecule has 0 atom stereocenters. The molecule has 0 amide bonds. The van der Waals surface area contributed by atoms with Gasteiger partial charge in [-0.15, -0.1) is 0 Å². The molecule has 0 bridgehead atoms. The van der Waals surface area contributed by atoms with E-state index in [-0.39, 0.29) is 17.2 Å². The van der Waals surface area contributed by atoms with Crippen molar-refractivity contribution in [2.45, 2.75) is 6.18 Å². The van der Waals surface area contributed by atoms with Crippen molar-refractivity contribution in [1.29, 1.82) is 0 Å². The molecule has 0 saturated heterocycles. The molecule has 0 aliphatic rings. The first-order chi connectivity index (χ1) is 7.88. The van der Waals surface area contributed by atoms with Crippen LogP contribution in [0.4, 0.5) is 23.5 Å². The van der Waals surface area contributed by atoms with E-state index in [2.05, 4.69) is 9.97 Å². The van der Waals surface area contributed by atoms with Gasteiger partial charge in [-0.05, 0) is 12.1 Å². The molecule has 0 aliphatic carbocycles. The van der Waals surface area contributed by atoms with Crippen LogP contribution in [0.15, 0.2) is 24.4 Å². The molecule has 2 aromatic rings. The van der Waals surface area contributed by atoms with E-state index < -0.39 is 17.6 Å². The SMILES string of the molecule is Nc1nc(-c2ccc(C(F)(F)F)c(F)c2)c[nH]1. The Morgan fingerprint density at radius 1 is 1.24 bits per heavy atom. The van der Waals surface area contributed by atoms with Gasteiger partial charge < -0.3 is 10.7 Å². The number of alkyl halides is 3. The van der Waals surface area contributed by atoms with E-state index in [1.807, 2.05) is 0 Å². The van der Waals surface area contributed by atoms with E-state index in [0.29, 0.717) is 6.07 Å². The van der Waals surface area contributed by atoms with E-state index in [1.54, 1.807) is 0 Å². The van der Waals surface area contributed by atoms with E-state index in [9.17, 15) is 17.6 Å². The van der Waals surface area contributed by atoms with Gasteiger partial charge in [0.2, 0.25) is 0 Å². The first-order valence-corrected chi connectivity index (χ1v) is 4.56. The molecular weight excluding hydrogens is 238 g/mol. The van der Waals surface area contributed by atoms with Crippen LogP contribution in [-0.4, -0.2) is 9.97 Å². The summed E-state index contributed by atoms with van der Waals surface area (Å²) in [6, 6.07) is 2.59. The summed E-state index contributed by atoms with van der Waals surface area (Å²) in [4.78, 5) is 6.34. The van der Waals surface area contributed by atoms with Crippen LogP contribution in [0.3, 0.4) is 0 Å². The minimum absolute atomic E-state index is 0.111. The third-order valence-electron chi connectivity index (χ3n) is 2.17. The minimum atomic E-state index is -4.70. The zero-order valence-corrected chi connectivity index (χ0v) is 8.35. The Balaban J connectivity index is 2.44. The number of aromatic nitrogens is 2. The fraction of sp³-hybridized carbons (Fsp3) is 0.100. The normalized spacial score (nSPS) is 11.8. The molecule has 1 aromatic carbocycles. The summed E-state index contributed by atoms with van der Waals surface area (Å²) < 4.78 is 50.2. The lowest BCUT2D eigenvalue weighted by atomic mass is 10.1. The lowest BCUT2D eigenvalue weighted by molar-refractivity contribution is -0.139. The average molecular weight is 245 g/mol. The second-order valence-corrected chi connectivity index (χ2v) is 3.36. The molecule has 17 heavy (non-hydrogen) atoms. The maximum Gasteiger partial charge on any atom is 0.419 e. The van der Waals surface area contributed by atoms with Gasteiger partial charge in [0.1, 0.15) is 5.82 Å². The Bertz CT molecular complexity index is 545. The zero-order valence-electron chi connectivity index (χ0n) is 8.35. The number of imidazole rings is 1. The van der Waals surface area contributed by atoms with Crippen LogP contribution in [0.25, 0.3) is 11.3 Å². The number of nitrogens with zero attached hydrogens (tertiary/aromatic N) is 1. The van der Waals surface area contributed by atoms with Crippen molar-refractivity contribution in [3.63, 3.8) is 0 Å². The molecule has 0 radical (unpaired) electrons. The summed E-state index contributed by atoms with van der Waals surface area (Å²) in [5.74, 6) is -1.23. The van der Waals surface area contributed by atoms with Gasteiger partial charge >= 0.3 is 6.18 Å². The maximum atomic E-state index is 13.2. The molecular formula is C10H7F4N3. The molecule has 0 unspecified atom stereocenters. The number of H-pyrrole nitrogens is 1. The smallest absolute Gasteiger partial charge is 0.369 e. The fourth-order valence-electron chi connectivity index (χ4n) is 1.39. The van der Waals surface area contributed by atoms with Gasteiger partial charge in [-0.2, -0.15) is 13.2 Å². The van der Waals surface area contributed by atoms with Gasteiger partial charge in [0.15, 0.2) is 5.95 Å². The number of halogens is 4. The highest BCUT2D eigenvalue weighted by atomic mass is 19.4. The van der Waals surface area contributed by atoms with E-state index in [4.69, 9.17) is 5.73 Å². The average Bonchev–Trinajstić information content (AvgIpc) is 2.62. The summed E-state index contributed by atoms with van der Waals surface area (Å²) in [7, 11) is 0. The van der Waals surface area contributed by atoms with Crippen molar-refractivity contribution in [3.05, 3.63) is 35.8 Å². The van der Waals surface area contributed by atoms with Crippen LogP contribution >= 0.6 is 0 Å². The minimum Gasteiger partial charge on any atom is -0.369 e. The topological polar surface area (TPSA) is 54.7 Å². The maximum absolute atomic E-state index is 13.2. The number of hydrogen-bond acceptors (Lipinski definition) is 2. The van der Waals surface area contributed by atoms with Crippen molar-refractivity contribution in [2.75, 3.05) is 5.73 Å². The van der Waals surface area contributed by atoms with Gasteiger partial charge in [0.25, 0.3) is 0 Å². The summed E-state index contributed by atoms with van der Waals surface area (Å²) in [5, 5.41) is 0. The Morgan fingerprint density at radius 3 is 2.41 bits per heavy atom. The second kappa shape index (κ2) is 3.76. The fourth-order valence-corrected chi connectivity index (χ4v) is 1.39. The highest BCUT2D eigenvalue weighted by molar-refractivity contribution is 5.60. The van der Waals surface area contributed by atoms with Crippen LogP contribution in [0.2, 0.25) is 0 Å². The quantitative estimate of drug-likeness (QED) is 0.759. The van der Waals surface area contributed by atoms with Gasteiger partial charge in [-0.25, -0.2) is 9.37 Å². The van der Waals surface area contributed by atoms with Crippen LogP contribution in [0.5, 0.6) is 0 Å². The summed E-state index contributed by atoms with van der Waals surface area (Å²) >= 11 is 0. The summed E-state index contributed by atoms with van der Waals surface area (Å²) in [5.41, 5.74) is 4.52. The largest absolute Gasteiger partial charge is 0.419 e. The monoisotopic (exact) mass is 245 g/mol. The molecule has 3 nitrogen and oxygen atoms in total. The molecule has 0 saturated carbocycles. The van der Waals surface area contributed by atoms with Crippen molar-refractivity contribution < 1.29 is 17.6 Å². The van der Waals surface area contributed by atoms with Gasteiger partial charge in [-0.1, -0.05) is 6.07 Å². The van der Waals surface area contributed by atoms with Gasteiger partial charge in [0.05, 0.1) is 11.3 Å². The number of nitrogen functional groups attached to an aromatic ring is 1. The third kappa shape index (κ3) is 2.22. The van der Waals surface area contributed by atoms with E-state index in [0.717, 1.165) is 12.1 Å². The Kier molecular flexibility index (Phi) is 2.53. The molecule has 3 N–H and O–H groups in total. The molecule has 7 heteroatoms.